The summed E-state index contributed by atoms with van der Waals surface area (Å²) in [5, 5.41) is 2.86. The fraction of sp³-hybridized carbons (Fsp3) is 0.333. The van der Waals surface area contributed by atoms with E-state index >= 15 is 0 Å². The molecule has 1 aromatic heterocycles. The zero-order valence-electron chi connectivity index (χ0n) is 13.1. The molecule has 0 atom stereocenters. The van der Waals surface area contributed by atoms with Crippen molar-refractivity contribution in [2.24, 2.45) is 0 Å². The number of pyridine rings is 1. The van der Waals surface area contributed by atoms with Crippen molar-refractivity contribution >= 4 is 23.8 Å². The lowest BCUT2D eigenvalue weighted by Crippen LogP contribution is -2.40. The minimum Gasteiger partial charge on any atom is -0.448 e. The molecule has 1 amide bonds. The molecule has 6 heteroatoms. The third-order valence-electron chi connectivity index (χ3n) is 4.47. The summed E-state index contributed by atoms with van der Waals surface area (Å²) in [7, 11) is 0. The molecule has 124 valence electrons. The van der Waals surface area contributed by atoms with Gasteiger partial charge in [0.05, 0.1) is 5.56 Å². The van der Waals surface area contributed by atoms with Gasteiger partial charge in [0.15, 0.2) is 11.5 Å². The van der Waals surface area contributed by atoms with Gasteiger partial charge in [-0.15, -0.1) is 0 Å². The van der Waals surface area contributed by atoms with Crippen LogP contribution in [0.2, 0.25) is 0 Å². The van der Waals surface area contributed by atoms with Crippen molar-refractivity contribution < 1.29 is 14.3 Å². The van der Waals surface area contributed by atoms with Crippen LogP contribution in [0.25, 0.3) is 0 Å². The maximum atomic E-state index is 12.4. The SMILES string of the molecule is O=C(Nc1ccc2c(c1)OC1(CCCCC1)O2)c1ccc[nH]c1=S. The lowest BCUT2D eigenvalue weighted by atomic mass is 9.94. The molecule has 0 saturated heterocycles. The molecule has 1 spiro atoms. The second-order valence-electron chi connectivity index (χ2n) is 6.20. The molecule has 5 nitrogen and oxygen atoms in total. The highest BCUT2D eigenvalue weighted by Crippen LogP contribution is 2.46. The number of fused-ring (bicyclic) bond motifs is 1. The van der Waals surface area contributed by atoms with E-state index in [0.717, 1.165) is 31.4 Å². The molecule has 4 rings (SSSR count). The predicted molar refractivity (Wildman–Crippen MR) is 93.1 cm³/mol. The number of carbonyl (C=O) groups is 1. The van der Waals surface area contributed by atoms with E-state index in [-0.39, 0.29) is 5.91 Å². The van der Waals surface area contributed by atoms with Gasteiger partial charge in [-0.2, -0.15) is 0 Å². The van der Waals surface area contributed by atoms with Crippen LogP contribution in [0.5, 0.6) is 11.5 Å². The number of benzene rings is 1. The van der Waals surface area contributed by atoms with Crippen molar-refractivity contribution in [3.63, 3.8) is 0 Å². The van der Waals surface area contributed by atoms with Crippen LogP contribution in [0, 0.1) is 4.64 Å². The standard InChI is InChI=1S/C18H18N2O3S/c21-16(13-5-4-10-19-17(13)24)20-12-6-7-14-15(11-12)23-18(22-14)8-2-1-3-9-18/h4-7,10-11H,1-3,8-9H2,(H,19,24)(H,20,21). The van der Waals surface area contributed by atoms with Crippen LogP contribution in [0.1, 0.15) is 42.5 Å². The molecule has 0 bridgehead atoms. The molecule has 0 unspecified atom stereocenters. The normalized spacial score (nSPS) is 17.7. The molecule has 24 heavy (non-hydrogen) atoms. The lowest BCUT2D eigenvalue weighted by molar-refractivity contribution is -0.105. The van der Waals surface area contributed by atoms with Crippen LogP contribution in [0.3, 0.4) is 0 Å². The molecule has 0 radical (unpaired) electrons. The summed E-state index contributed by atoms with van der Waals surface area (Å²) in [6, 6.07) is 8.92. The Morgan fingerprint density at radius 2 is 1.92 bits per heavy atom. The Hall–Kier alpha value is -2.34. The first-order valence-corrected chi connectivity index (χ1v) is 8.57. The van der Waals surface area contributed by atoms with Crippen molar-refractivity contribution in [2.75, 3.05) is 5.32 Å². The van der Waals surface area contributed by atoms with Gasteiger partial charge in [0.25, 0.3) is 11.7 Å². The average Bonchev–Trinajstić information content (AvgIpc) is 2.92. The number of ether oxygens (including phenoxy) is 2. The monoisotopic (exact) mass is 342 g/mol. The second-order valence-corrected chi connectivity index (χ2v) is 6.61. The third-order valence-corrected chi connectivity index (χ3v) is 4.81. The Labute approximate surface area is 145 Å². The van der Waals surface area contributed by atoms with Crippen molar-refractivity contribution in [3.8, 4) is 11.5 Å². The number of rotatable bonds is 2. The summed E-state index contributed by atoms with van der Waals surface area (Å²) in [4.78, 5) is 15.2. The smallest absolute Gasteiger partial charge is 0.258 e. The van der Waals surface area contributed by atoms with E-state index in [1.165, 1.54) is 6.42 Å². The van der Waals surface area contributed by atoms with E-state index in [1.807, 2.05) is 18.2 Å². The number of aromatic nitrogens is 1. The molecule has 1 aliphatic heterocycles. The van der Waals surface area contributed by atoms with Crippen LogP contribution in [0.15, 0.2) is 36.5 Å². The summed E-state index contributed by atoms with van der Waals surface area (Å²) in [6.07, 6.45) is 6.96. The number of aromatic amines is 1. The van der Waals surface area contributed by atoms with Crippen molar-refractivity contribution in [1.82, 2.24) is 4.98 Å². The highest BCUT2D eigenvalue weighted by atomic mass is 32.1. The van der Waals surface area contributed by atoms with Crippen molar-refractivity contribution in [2.45, 2.75) is 37.9 Å². The van der Waals surface area contributed by atoms with Gasteiger partial charge in [-0.1, -0.05) is 18.6 Å². The van der Waals surface area contributed by atoms with Crippen molar-refractivity contribution in [1.29, 1.82) is 0 Å². The molecule has 1 aromatic carbocycles. The summed E-state index contributed by atoms with van der Waals surface area (Å²) in [6.45, 7) is 0. The quantitative estimate of drug-likeness (QED) is 0.793. The minimum absolute atomic E-state index is 0.247. The summed E-state index contributed by atoms with van der Waals surface area (Å²) in [5.41, 5.74) is 1.10. The molecule has 2 aliphatic rings. The maximum Gasteiger partial charge on any atom is 0.258 e. The highest BCUT2D eigenvalue weighted by molar-refractivity contribution is 7.71. The second kappa shape index (κ2) is 5.94. The first-order valence-electron chi connectivity index (χ1n) is 8.16. The fourth-order valence-corrected chi connectivity index (χ4v) is 3.49. The zero-order valence-corrected chi connectivity index (χ0v) is 13.9. The lowest BCUT2D eigenvalue weighted by Gasteiger charge is -2.31. The van der Waals surface area contributed by atoms with E-state index in [1.54, 1.807) is 18.3 Å². The Morgan fingerprint density at radius 1 is 1.12 bits per heavy atom. The van der Waals surface area contributed by atoms with Crippen LogP contribution in [0.4, 0.5) is 5.69 Å². The fourth-order valence-electron chi connectivity index (χ4n) is 3.26. The first kappa shape index (κ1) is 15.2. The summed E-state index contributed by atoms with van der Waals surface area (Å²) < 4.78 is 12.5. The third kappa shape index (κ3) is 2.78. The number of hydrogen-bond donors (Lipinski definition) is 2. The maximum absolute atomic E-state index is 12.4. The Kier molecular flexibility index (Phi) is 3.76. The molecular formula is C18H18N2O3S. The van der Waals surface area contributed by atoms with E-state index in [9.17, 15) is 4.79 Å². The van der Waals surface area contributed by atoms with Gasteiger partial charge in [0, 0.05) is 30.8 Å². The Bertz CT molecular complexity index is 840. The minimum atomic E-state index is -0.509. The number of carbonyl (C=O) groups excluding carboxylic acids is 1. The zero-order chi connectivity index (χ0) is 16.6. The van der Waals surface area contributed by atoms with Gasteiger partial charge in [0.1, 0.15) is 4.64 Å². The predicted octanol–water partition coefficient (Wildman–Crippen LogP) is 4.43. The van der Waals surface area contributed by atoms with Gasteiger partial charge >= 0.3 is 0 Å². The highest BCUT2D eigenvalue weighted by Gasteiger charge is 2.42. The van der Waals surface area contributed by atoms with Gasteiger partial charge in [-0.3, -0.25) is 4.79 Å². The van der Waals surface area contributed by atoms with E-state index in [4.69, 9.17) is 21.7 Å². The van der Waals surface area contributed by atoms with Gasteiger partial charge in [-0.25, -0.2) is 0 Å². The summed E-state index contributed by atoms with van der Waals surface area (Å²) in [5.74, 6) is 0.675. The van der Waals surface area contributed by atoms with Crippen molar-refractivity contribution in [3.05, 3.63) is 46.7 Å². The topological polar surface area (TPSA) is 63.4 Å². The van der Waals surface area contributed by atoms with E-state index in [2.05, 4.69) is 10.3 Å². The number of nitrogens with one attached hydrogen (secondary N) is 2. The molecule has 1 saturated carbocycles. The molecule has 2 aromatic rings. The van der Waals surface area contributed by atoms with Crippen LogP contribution in [-0.2, 0) is 0 Å². The Balaban J connectivity index is 1.53. The number of amides is 1. The number of H-pyrrole nitrogens is 1. The van der Waals surface area contributed by atoms with Crippen LogP contribution in [-0.4, -0.2) is 16.7 Å². The van der Waals surface area contributed by atoms with Crippen LogP contribution < -0.4 is 14.8 Å². The largest absolute Gasteiger partial charge is 0.448 e. The van der Waals surface area contributed by atoms with Gasteiger partial charge < -0.3 is 19.8 Å². The molecule has 1 aliphatic carbocycles. The average molecular weight is 342 g/mol. The molecule has 2 heterocycles. The van der Waals surface area contributed by atoms with E-state index < -0.39 is 5.79 Å². The molecular weight excluding hydrogens is 324 g/mol. The molecule has 1 fully saturated rings. The van der Waals surface area contributed by atoms with Gasteiger partial charge in [-0.05, 0) is 37.1 Å². The number of anilines is 1. The van der Waals surface area contributed by atoms with Crippen LogP contribution >= 0.6 is 12.2 Å². The summed E-state index contributed by atoms with van der Waals surface area (Å²) >= 11 is 5.14. The molecule has 2 N–H and O–H groups in total. The van der Waals surface area contributed by atoms with Gasteiger partial charge in [0.2, 0.25) is 0 Å². The number of hydrogen-bond acceptors (Lipinski definition) is 4. The first-order chi connectivity index (χ1) is 11.7. The Morgan fingerprint density at radius 3 is 2.71 bits per heavy atom. The van der Waals surface area contributed by atoms with E-state index in [0.29, 0.717) is 21.6 Å².